The summed E-state index contributed by atoms with van der Waals surface area (Å²) in [7, 11) is 0. The van der Waals surface area contributed by atoms with Crippen molar-refractivity contribution in [1.82, 2.24) is 0 Å². The molecular weight excluding hydrogens is 408 g/mol. The van der Waals surface area contributed by atoms with Gasteiger partial charge in [0.25, 0.3) is 5.91 Å². The molecule has 3 aromatic rings. The third-order valence-electron chi connectivity index (χ3n) is 4.11. The highest BCUT2D eigenvalue weighted by Gasteiger charge is 2.17. The van der Waals surface area contributed by atoms with Crippen molar-refractivity contribution >= 4 is 23.3 Å². The van der Waals surface area contributed by atoms with Crippen molar-refractivity contribution in [3.63, 3.8) is 0 Å². The van der Waals surface area contributed by atoms with Crippen LogP contribution < -0.4 is 10.1 Å². The average molecular weight is 425 g/mol. The topological polar surface area (TPSA) is 81.7 Å². The number of carbonyl (C=O) groups excluding carboxylic acids is 3. The van der Waals surface area contributed by atoms with Gasteiger partial charge in [0.05, 0.1) is 5.69 Å². The quantitative estimate of drug-likeness (QED) is 0.436. The number of rotatable bonds is 8. The number of esters is 1. The molecule has 0 fully saturated rings. The molecule has 0 aliphatic rings. The number of halogens is 2. The molecule has 158 valence electrons. The van der Waals surface area contributed by atoms with E-state index in [0.717, 1.165) is 12.1 Å². The van der Waals surface area contributed by atoms with Crippen LogP contribution in [-0.2, 0) is 9.53 Å². The van der Waals surface area contributed by atoms with Crippen LogP contribution in [0.25, 0.3) is 0 Å². The highest BCUT2D eigenvalue weighted by Crippen LogP contribution is 2.20. The first-order chi connectivity index (χ1) is 14.9. The predicted octanol–water partition coefficient (Wildman–Crippen LogP) is 4.02. The second-order valence-electron chi connectivity index (χ2n) is 6.32. The summed E-state index contributed by atoms with van der Waals surface area (Å²) < 4.78 is 37.0. The summed E-state index contributed by atoms with van der Waals surface area (Å²) in [5.74, 6) is -2.98. The minimum atomic E-state index is -0.833. The summed E-state index contributed by atoms with van der Waals surface area (Å²) in [6, 6.07) is 16.5. The van der Waals surface area contributed by atoms with Gasteiger partial charge in [-0.3, -0.25) is 9.59 Å². The van der Waals surface area contributed by atoms with E-state index >= 15 is 0 Å². The number of benzene rings is 3. The van der Waals surface area contributed by atoms with Crippen LogP contribution in [0, 0.1) is 11.6 Å². The standard InChI is InChI=1S/C23H17F2NO5/c24-16-11-9-15(10-12-16)20(27)13-31-23(29)17-5-1-4-8-21(17)30-14-22(28)26-19-7-3-2-6-18(19)25/h1-12H,13-14H2,(H,26,28). The Kier molecular flexibility index (Phi) is 7.05. The van der Waals surface area contributed by atoms with E-state index in [4.69, 9.17) is 9.47 Å². The molecule has 0 bridgehead atoms. The third kappa shape index (κ3) is 5.96. The van der Waals surface area contributed by atoms with E-state index in [2.05, 4.69) is 5.32 Å². The predicted molar refractivity (Wildman–Crippen MR) is 108 cm³/mol. The Balaban J connectivity index is 1.58. The van der Waals surface area contributed by atoms with Gasteiger partial charge in [-0.1, -0.05) is 24.3 Å². The molecule has 8 heteroatoms. The number of anilines is 1. The molecule has 6 nitrogen and oxygen atoms in total. The number of Topliss-reactive ketones (excluding diaryl/α,β-unsaturated/α-hetero) is 1. The van der Waals surface area contributed by atoms with E-state index in [9.17, 15) is 23.2 Å². The van der Waals surface area contributed by atoms with Gasteiger partial charge in [-0.25, -0.2) is 13.6 Å². The van der Waals surface area contributed by atoms with Crippen molar-refractivity contribution in [2.24, 2.45) is 0 Å². The summed E-state index contributed by atoms with van der Waals surface area (Å²) in [5.41, 5.74) is 0.208. The fourth-order valence-corrected chi connectivity index (χ4v) is 2.58. The van der Waals surface area contributed by atoms with Crippen LogP contribution in [0.5, 0.6) is 5.75 Å². The molecule has 0 radical (unpaired) electrons. The number of ketones is 1. The highest BCUT2D eigenvalue weighted by molar-refractivity contribution is 6.00. The van der Waals surface area contributed by atoms with Crippen molar-refractivity contribution in [3.05, 3.63) is 95.6 Å². The normalized spacial score (nSPS) is 10.3. The molecule has 3 rings (SSSR count). The number of carbonyl (C=O) groups is 3. The Morgan fingerprint density at radius 1 is 0.806 bits per heavy atom. The van der Waals surface area contributed by atoms with Crippen LogP contribution in [0.1, 0.15) is 20.7 Å². The molecule has 0 heterocycles. The van der Waals surface area contributed by atoms with Gasteiger partial charge in [-0.2, -0.15) is 0 Å². The maximum absolute atomic E-state index is 13.6. The first-order valence-corrected chi connectivity index (χ1v) is 9.16. The average Bonchev–Trinajstić information content (AvgIpc) is 2.78. The Bertz CT molecular complexity index is 1100. The van der Waals surface area contributed by atoms with Crippen LogP contribution in [-0.4, -0.2) is 30.9 Å². The lowest BCUT2D eigenvalue weighted by atomic mass is 10.1. The van der Waals surface area contributed by atoms with Crippen molar-refractivity contribution in [2.75, 3.05) is 18.5 Å². The Labute approximate surface area is 176 Å². The molecular formula is C23H17F2NO5. The fraction of sp³-hybridized carbons (Fsp3) is 0.0870. The van der Waals surface area contributed by atoms with Crippen LogP contribution in [0.3, 0.4) is 0 Å². The molecule has 0 unspecified atom stereocenters. The van der Waals surface area contributed by atoms with E-state index < -0.39 is 42.5 Å². The van der Waals surface area contributed by atoms with Gasteiger partial charge in [0.15, 0.2) is 19.0 Å². The van der Waals surface area contributed by atoms with Gasteiger partial charge in [0.1, 0.15) is 22.9 Å². The van der Waals surface area contributed by atoms with E-state index in [-0.39, 0.29) is 22.6 Å². The highest BCUT2D eigenvalue weighted by atomic mass is 19.1. The maximum Gasteiger partial charge on any atom is 0.342 e. The number of nitrogens with one attached hydrogen (secondary N) is 1. The zero-order chi connectivity index (χ0) is 22.2. The zero-order valence-corrected chi connectivity index (χ0v) is 16.1. The summed E-state index contributed by atoms with van der Waals surface area (Å²) in [4.78, 5) is 36.5. The van der Waals surface area contributed by atoms with Gasteiger partial charge in [0.2, 0.25) is 0 Å². The van der Waals surface area contributed by atoms with E-state index in [1.54, 1.807) is 18.2 Å². The van der Waals surface area contributed by atoms with E-state index in [1.807, 2.05) is 0 Å². The van der Waals surface area contributed by atoms with Gasteiger partial charge < -0.3 is 14.8 Å². The minimum absolute atomic E-state index is 0.00287. The van der Waals surface area contributed by atoms with Crippen molar-refractivity contribution < 1.29 is 32.6 Å². The summed E-state index contributed by atoms with van der Waals surface area (Å²) >= 11 is 0. The van der Waals surface area contributed by atoms with Crippen LogP contribution >= 0.6 is 0 Å². The SMILES string of the molecule is O=C(COc1ccccc1C(=O)OCC(=O)c1ccc(F)cc1)Nc1ccccc1F. The van der Waals surface area contributed by atoms with E-state index in [1.165, 1.54) is 42.5 Å². The van der Waals surface area contributed by atoms with Crippen molar-refractivity contribution in [2.45, 2.75) is 0 Å². The summed E-state index contributed by atoms with van der Waals surface area (Å²) in [6.07, 6.45) is 0. The van der Waals surface area contributed by atoms with Crippen LogP contribution in [0.2, 0.25) is 0 Å². The number of ether oxygens (including phenoxy) is 2. The molecule has 0 aliphatic heterocycles. The van der Waals surface area contributed by atoms with Crippen LogP contribution in [0.4, 0.5) is 14.5 Å². The smallest absolute Gasteiger partial charge is 0.342 e. The Morgan fingerprint density at radius 2 is 1.48 bits per heavy atom. The number of para-hydroxylation sites is 2. The van der Waals surface area contributed by atoms with Gasteiger partial charge in [0, 0.05) is 5.56 Å². The Morgan fingerprint density at radius 3 is 2.23 bits per heavy atom. The molecule has 0 saturated carbocycles. The maximum atomic E-state index is 13.6. The molecule has 0 saturated heterocycles. The largest absolute Gasteiger partial charge is 0.483 e. The van der Waals surface area contributed by atoms with Gasteiger partial charge in [-0.15, -0.1) is 0 Å². The monoisotopic (exact) mass is 425 g/mol. The molecule has 0 aromatic heterocycles. The van der Waals surface area contributed by atoms with Crippen molar-refractivity contribution in [1.29, 1.82) is 0 Å². The fourth-order valence-electron chi connectivity index (χ4n) is 2.58. The number of hydrogen-bond donors (Lipinski definition) is 1. The number of amides is 1. The molecule has 31 heavy (non-hydrogen) atoms. The second-order valence-corrected chi connectivity index (χ2v) is 6.32. The molecule has 1 amide bonds. The van der Waals surface area contributed by atoms with Crippen molar-refractivity contribution in [3.8, 4) is 5.75 Å². The summed E-state index contributed by atoms with van der Waals surface area (Å²) in [6.45, 7) is -1.03. The second kappa shape index (κ2) is 10.1. The minimum Gasteiger partial charge on any atom is -0.483 e. The Hall–Kier alpha value is -4.07. The molecule has 0 spiro atoms. The lowest BCUT2D eigenvalue weighted by molar-refractivity contribution is -0.118. The first-order valence-electron chi connectivity index (χ1n) is 9.16. The molecule has 0 atom stereocenters. The molecule has 1 N–H and O–H groups in total. The molecule has 0 aliphatic carbocycles. The lowest BCUT2D eigenvalue weighted by Gasteiger charge is -2.11. The van der Waals surface area contributed by atoms with Gasteiger partial charge >= 0.3 is 5.97 Å². The zero-order valence-electron chi connectivity index (χ0n) is 16.1. The molecule has 3 aromatic carbocycles. The third-order valence-corrected chi connectivity index (χ3v) is 4.11. The lowest BCUT2D eigenvalue weighted by Crippen LogP contribution is -2.22. The number of hydrogen-bond acceptors (Lipinski definition) is 5. The first kappa shape index (κ1) is 21.6. The van der Waals surface area contributed by atoms with Gasteiger partial charge in [-0.05, 0) is 48.5 Å². The van der Waals surface area contributed by atoms with E-state index in [0.29, 0.717) is 0 Å². The summed E-state index contributed by atoms with van der Waals surface area (Å²) in [5, 5.41) is 2.36. The van der Waals surface area contributed by atoms with Crippen LogP contribution in [0.15, 0.2) is 72.8 Å².